The van der Waals surface area contributed by atoms with E-state index < -0.39 is 0 Å². The molecule has 0 bridgehead atoms. The van der Waals surface area contributed by atoms with Gasteiger partial charge in [0, 0.05) is 25.7 Å². The molecular weight excluding hydrogens is 214 g/mol. The number of carbonyl (C=O) groups is 1. The van der Waals surface area contributed by atoms with Gasteiger partial charge in [0.2, 0.25) is 5.91 Å². The first-order valence-corrected chi connectivity index (χ1v) is 6.93. The normalized spacial score (nSPS) is 34.7. The molecule has 2 unspecified atom stereocenters. The summed E-state index contributed by atoms with van der Waals surface area (Å²) in [5.41, 5.74) is 5.81. The van der Waals surface area contributed by atoms with Crippen LogP contribution in [0.1, 0.15) is 32.6 Å². The summed E-state index contributed by atoms with van der Waals surface area (Å²) < 4.78 is 0. The topological polar surface area (TPSA) is 58.4 Å². The summed E-state index contributed by atoms with van der Waals surface area (Å²) in [6.07, 6.45) is 4.36. The molecule has 1 amide bonds. The summed E-state index contributed by atoms with van der Waals surface area (Å²) in [7, 11) is 0. The van der Waals surface area contributed by atoms with Gasteiger partial charge in [0.1, 0.15) is 0 Å². The van der Waals surface area contributed by atoms with E-state index in [-0.39, 0.29) is 12.0 Å². The molecule has 4 heteroatoms. The second-order valence-corrected chi connectivity index (χ2v) is 5.59. The van der Waals surface area contributed by atoms with E-state index in [0.29, 0.717) is 18.4 Å². The first-order valence-electron chi connectivity index (χ1n) is 6.93. The van der Waals surface area contributed by atoms with Crippen molar-refractivity contribution in [1.29, 1.82) is 0 Å². The van der Waals surface area contributed by atoms with E-state index in [1.54, 1.807) is 0 Å². The van der Waals surface area contributed by atoms with Crippen molar-refractivity contribution in [2.75, 3.05) is 26.2 Å². The third-order valence-corrected chi connectivity index (χ3v) is 4.18. The minimum Gasteiger partial charge on any atom is -0.338 e. The molecule has 2 heterocycles. The zero-order chi connectivity index (χ0) is 12.3. The fourth-order valence-corrected chi connectivity index (χ4v) is 3.06. The van der Waals surface area contributed by atoms with Crippen LogP contribution in [-0.2, 0) is 4.79 Å². The van der Waals surface area contributed by atoms with Crippen LogP contribution < -0.4 is 11.1 Å². The van der Waals surface area contributed by atoms with Crippen molar-refractivity contribution in [3.8, 4) is 0 Å². The van der Waals surface area contributed by atoms with Crippen molar-refractivity contribution in [3.05, 3.63) is 0 Å². The second kappa shape index (κ2) is 5.83. The fourth-order valence-electron chi connectivity index (χ4n) is 3.06. The van der Waals surface area contributed by atoms with Gasteiger partial charge in [-0.3, -0.25) is 4.79 Å². The molecule has 17 heavy (non-hydrogen) atoms. The highest BCUT2D eigenvalue weighted by molar-refractivity contribution is 5.79. The number of likely N-dealkylation sites (tertiary alicyclic amines) is 1. The summed E-state index contributed by atoms with van der Waals surface area (Å²) in [5, 5.41) is 3.32. The Morgan fingerprint density at radius 2 is 2.29 bits per heavy atom. The molecule has 4 nitrogen and oxygen atoms in total. The molecule has 98 valence electrons. The van der Waals surface area contributed by atoms with Gasteiger partial charge in [-0.05, 0) is 38.1 Å². The number of hydrogen-bond donors (Lipinski definition) is 2. The van der Waals surface area contributed by atoms with Gasteiger partial charge in [-0.15, -0.1) is 0 Å². The maximum atomic E-state index is 12.5. The van der Waals surface area contributed by atoms with Crippen LogP contribution in [0.4, 0.5) is 0 Å². The Morgan fingerprint density at radius 1 is 1.47 bits per heavy atom. The van der Waals surface area contributed by atoms with Crippen molar-refractivity contribution < 1.29 is 4.79 Å². The monoisotopic (exact) mass is 239 g/mol. The molecule has 0 spiro atoms. The Labute approximate surface area is 104 Å². The average Bonchev–Trinajstić information content (AvgIpc) is 2.39. The molecule has 2 aliphatic heterocycles. The van der Waals surface area contributed by atoms with E-state index in [2.05, 4.69) is 17.1 Å². The molecule has 0 aliphatic carbocycles. The minimum atomic E-state index is 0.186. The highest BCUT2D eigenvalue weighted by Crippen LogP contribution is 2.25. The Balaban J connectivity index is 1.96. The SMILES string of the molecule is CC1CCN(C(=O)[C@@H]2CCCNC2)C(CN)C1. The van der Waals surface area contributed by atoms with Crippen molar-refractivity contribution in [1.82, 2.24) is 10.2 Å². The van der Waals surface area contributed by atoms with E-state index in [9.17, 15) is 4.79 Å². The van der Waals surface area contributed by atoms with Crippen LogP contribution in [0.5, 0.6) is 0 Å². The van der Waals surface area contributed by atoms with Crippen molar-refractivity contribution in [2.45, 2.75) is 38.6 Å². The molecule has 0 aromatic rings. The smallest absolute Gasteiger partial charge is 0.227 e. The quantitative estimate of drug-likeness (QED) is 0.741. The highest BCUT2D eigenvalue weighted by atomic mass is 16.2. The van der Waals surface area contributed by atoms with Crippen LogP contribution in [0.25, 0.3) is 0 Å². The van der Waals surface area contributed by atoms with Gasteiger partial charge in [-0.1, -0.05) is 6.92 Å². The Hall–Kier alpha value is -0.610. The van der Waals surface area contributed by atoms with Crippen LogP contribution in [0.2, 0.25) is 0 Å². The van der Waals surface area contributed by atoms with Crippen LogP contribution in [-0.4, -0.2) is 43.0 Å². The van der Waals surface area contributed by atoms with Gasteiger partial charge in [0.05, 0.1) is 5.92 Å². The lowest BCUT2D eigenvalue weighted by molar-refractivity contribution is -0.140. The predicted molar refractivity (Wildman–Crippen MR) is 68.5 cm³/mol. The molecule has 3 N–H and O–H groups in total. The molecule has 0 saturated carbocycles. The van der Waals surface area contributed by atoms with Crippen LogP contribution in [0, 0.1) is 11.8 Å². The lowest BCUT2D eigenvalue weighted by Crippen LogP contribution is -2.53. The van der Waals surface area contributed by atoms with Crippen LogP contribution in [0.15, 0.2) is 0 Å². The van der Waals surface area contributed by atoms with E-state index >= 15 is 0 Å². The number of amides is 1. The number of hydrogen-bond acceptors (Lipinski definition) is 3. The van der Waals surface area contributed by atoms with E-state index in [1.165, 1.54) is 0 Å². The third kappa shape index (κ3) is 2.99. The third-order valence-electron chi connectivity index (χ3n) is 4.18. The second-order valence-electron chi connectivity index (χ2n) is 5.59. The zero-order valence-electron chi connectivity index (χ0n) is 10.8. The summed E-state index contributed by atoms with van der Waals surface area (Å²) in [4.78, 5) is 14.5. The lowest BCUT2D eigenvalue weighted by Gasteiger charge is -2.40. The zero-order valence-corrected chi connectivity index (χ0v) is 10.8. The summed E-state index contributed by atoms with van der Waals surface area (Å²) in [6, 6.07) is 0.271. The summed E-state index contributed by atoms with van der Waals surface area (Å²) >= 11 is 0. The predicted octanol–water partition coefficient (Wildman–Crippen LogP) is 0.572. The Kier molecular flexibility index (Phi) is 4.40. The summed E-state index contributed by atoms with van der Waals surface area (Å²) in [6.45, 7) is 5.67. The molecule has 2 rings (SSSR count). The average molecular weight is 239 g/mol. The van der Waals surface area contributed by atoms with Gasteiger partial charge in [-0.2, -0.15) is 0 Å². The number of nitrogens with one attached hydrogen (secondary N) is 1. The van der Waals surface area contributed by atoms with Crippen molar-refractivity contribution >= 4 is 5.91 Å². The number of carbonyl (C=O) groups excluding carboxylic acids is 1. The fraction of sp³-hybridized carbons (Fsp3) is 0.923. The number of nitrogens with zero attached hydrogens (tertiary/aromatic N) is 1. The first-order chi connectivity index (χ1) is 8.22. The molecule has 0 radical (unpaired) electrons. The lowest BCUT2D eigenvalue weighted by atomic mass is 9.90. The van der Waals surface area contributed by atoms with Crippen LogP contribution >= 0.6 is 0 Å². The molecule has 0 aromatic heterocycles. The van der Waals surface area contributed by atoms with E-state index in [1.807, 2.05) is 0 Å². The number of rotatable bonds is 2. The van der Waals surface area contributed by atoms with Crippen molar-refractivity contribution in [3.63, 3.8) is 0 Å². The highest BCUT2D eigenvalue weighted by Gasteiger charge is 2.33. The van der Waals surface area contributed by atoms with E-state index in [0.717, 1.165) is 45.3 Å². The van der Waals surface area contributed by atoms with Gasteiger partial charge in [0.15, 0.2) is 0 Å². The molecular formula is C13H25N3O. The van der Waals surface area contributed by atoms with Gasteiger partial charge >= 0.3 is 0 Å². The molecule has 2 aliphatic rings. The minimum absolute atomic E-state index is 0.186. The molecule has 2 saturated heterocycles. The Morgan fingerprint density at radius 3 is 2.94 bits per heavy atom. The van der Waals surface area contributed by atoms with Crippen molar-refractivity contribution in [2.24, 2.45) is 17.6 Å². The molecule has 0 aromatic carbocycles. The van der Waals surface area contributed by atoms with Crippen LogP contribution in [0.3, 0.4) is 0 Å². The van der Waals surface area contributed by atoms with Gasteiger partial charge in [0.25, 0.3) is 0 Å². The summed E-state index contributed by atoms with van der Waals surface area (Å²) in [5.74, 6) is 1.22. The first kappa shape index (κ1) is 12.8. The standard InChI is InChI=1S/C13H25N3O/c1-10-4-6-16(12(7-10)8-14)13(17)11-3-2-5-15-9-11/h10-12,15H,2-9,14H2,1H3/t10?,11-,12?/m1/s1. The molecule has 2 fully saturated rings. The Bertz CT molecular complexity index is 263. The van der Waals surface area contributed by atoms with Gasteiger partial charge < -0.3 is 16.0 Å². The number of nitrogens with two attached hydrogens (primary N) is 1. The maximum Gasteiger partial charge on any atom is 0.227 e. The number of piperidine rings is 2. The maximum absolute atomic E-state index is 12.5. The largest absolute Gasteiger partial charge is 0.338 e. The van der Waals surface area contributed by atoms with E-state index in [4.69, 9.17) is 5.73 Å². The molecule has 3 atom stereocenters. The van der Waals surface area contributed by atoms with Gasteiger partial charge in [-0.25, -0.2) is 0 Å².